The molecule has 0 saturated carbocycles. The average molecular weight is 407 g/mol. The molecule has 0 aliphatic heterocycles. The number of hydrogen-bond acceptors (Lipinski definition) is 2. The molecule has 0 fully saturated rings. The third-order valence-corrected chi connectivity index (χ3v) is 6.10. The van der Waals surface area contributed by atoms with Crippen molar-refractivity contribution in [1.82, 2.24) is 0 Å². The molecular weight excluding hydrogens is 368 g/mol. The maximum atomic E-state index is 13.5. The highest BCUT2D eigenvalue weighted by Crippen LogP contribution is 2.35. The van der Waals surface area contributed by atoms with Crippen LogP contribution in [0.4, 0.5) is 0 Å². The van der Waals surface area contributed by atoms with Gasteiger partial charge in [0.1, 0.15) is 6.29 Å². The largest absolute Gasteiger partial charge is 0.303 e. The molecule has 2 nitrogen and oxygen atoms in total. The van der Waals surface area contributed by atoms with Crippen molar-refractivity contribution in [3.05, 3.63) is 70.8 Å². The van der Waals surface area contributed by atoms with Crippen LogP contribution in [-0.4, -0.2) is 12.1 Å². The molecule has 2 rings (SSSR count). The molecule has 0 aliphatic carbocycles. The zero-order valence-electron chi connectivity index (χ0n) is 19.4. The second-order valence-corrected chi connectivity index (χ2v) is 9.36. The van der Waals surface area contributed by atoms with Crippen molar-refractivity contribution in [2.24, 2.45) is 5.41 Å². The summed E-state index contributed by atoms with van der Waals surface area (Å²) in [4.78, 5) is 25.9. The lowest BCUT2D eigenvalue weighted by atomic mass is 9.73. The van der Waals surface area contributed by atoms with Crippen LogP contribution in [0.2, 0.25) is 0 Å². The van der Waals surface area contributed by atoms with E-state index in [1.807, 2.05) is 24.3 Å². The number of carbonyl (C=O) groups excluding carboxylic acids is 2. The summed E-state index contributed by atoms with van der Waals surface area (Å²) in [5.41, 5.74) is 3.61. The molecule has 30 heavy (non-hydrogen) atoms. The summed E-state index contributed by atoms with van der Waals surface area (Å²) in [7, 11) is 0. The Kier molecular flexibility index (Phi) is 9.02. The van der Waals surface area contributed by atoms with Gasteiger partial charge in [-0.05, 0) is 41.4 Å². The summed E-state index contributed by atoms with van der Waals surface area (Å²) in [5, 5.41) is 0. The number of rotatable bonds is 12. The van der Waals surface area contributed by atoms with Crippen LogP contribution in [0.15, 0.2) is 48.5 Å². The van der Waals surface area contributed by atoms with Crippen LogP contribution in [0.5, 0.6) is 0 Å². The van der Waals surface area contributed by atoms with Gasteiger partial charge in [0, 0.05) is 17.4 Å². The monoisotopic (exact) mass is 406 g/mol. The number of ketones is 1. The van der Waals surface area contributed by atoms with Gasteiger partial charge in [0.2, 0.25) is 0 Å². The fourth-order valence-electron chi connectivity index (χ4n) is 4.20. The minimum Gasteiger partial charge on any atom is -0.303 e. The van der Waals surface area contributed by atoms with Crippen molar-refractivity contribution >= 4 is 12.1 Å². The molecule has 2 heteroatoms. The maximum Gasteiger partial charge on any atom is 0.164 e. The molecule has 0 spiro atoms. The molecule has 162 valence electrons. The predicted octanol–water partition coefficient (Wildman–Crippen LogP) is 7.51. The van der Waals surface area contributed by atoms with Crippen molar-refractivity contribution in [1.29, 1.82) is 0 Å². The third-order valence-electron chi connectivity index (χ3n) is 6.10. The maximum absolute atomic E-state index is 13.5. The van der Waals surface area contributed by atoms with Gasteiger partial charge in [0.15, 0.2) is 5.78 Å². The molecule has 0 N–H and O–H groups in total. The lowest BCUT2D eigenvalue weighted by Gasteiger charge is -2.28. The average Bonchev–Trinajstić information content (AvgIpc) is 2.73. The predicted molar refractivity (Wildman–Crippen MR) is 126 cm³/mol. The number of hydrogen-bond donors (Lipinski definition) is 0. The molecular formula is C28H38O2. The first-order valence-corrected chi connectivity index (χ1v) is 11.5. The second-order valence-electron chi connectivity index (χ2n) is 9.36. The Morgan fingerprint density at radius 1 is 0.967 bits per heavy atom. The van der Waals surface area contributed by atoms with Crippen LogP contribution < -0.4 is 0 Å². The lowest BCUT2D eigenvalue weighted by molar-refractivity contribution is -0.116. The topological polar surface area (TPSA) is 34.1 Å². The zero-order valence-corrected chi connectivity index (χ0v) is 19.4. The van der Waals surface area contributed by atoms with Crippen molar-refractivity contribution < 1.29 is 9.59 Å². The van der Waals surface area contributed by atoms with Gasteiger partial charge in [0.25, 0.3) is 0 Å². The molecule has 0 aromatic heterocycles. The Morgan fingerprint density at radius 3 is 2.23 bits per heavy atom. The van der Waals surface area contributed by atoms with E-state index >= 15 is 0 Å². The number of benzene rings is 2. The van der Waals surface area contributed by atoms with E-state index < -0.39 is 5.41 Å². The molecule has 1 atom stereocenters. The van der Waals surface area contributed by atoms with Gasteiger partial charge in [0.05, 0.1) is 0 Å². The van der Waals surface area contributed by atoms with E-state index in [4.69, 9.17) is 0 Å². The van der Waals surface area contributed by atoms with E-state index in [-0.39, 0.29) is 18.1 Å². The van der Waals surface area contributed by atoms with Crippen LogP contribution in [-0.2, 0) is 11.2 Å². The Bertz CT molecular complexity index is 820. The highest BCUT2D eigenvalue weighted by molar-refractivity contribution is 5.99. The van der Waals surface area contributed by atoms with E-state index in [1.54, 1.807) is 0 Å². The van der Waals surface area contributed by atoms with Crippen LogP contribution in [0.1, 0.15) is 106 Å². The fourth-order valence-corrected chi connectivity index (χ4v) is 4.20. The zero-order chi connectivity index (χ0) is 22.1. The summed E-state index contributed by atoms with van der Waals surface area (Å²) < 4.78 is 0. The highest BCUT2D eigenvalue weighted by Gasteiger charge is 2.33. The number of Topliss-reactive ketones (excluding diaryl/α,β-unsaturated/α-hetero) is 1. The molecule has 0 radical (unpaired) electrons. The molecule has 0 aliphatic rings. The minimum absolute atomic E-state index is 0.0912. The van der Waals surface area contributed by atoms with Crippen LogP contribution in [0, 0.1) is 5.41 Å². The van der Waals surface area contributed by atoms with Gasteiger partial charge in [-0.2, -0.15) is 0 Å². The highest BCUT2D eigenvalue weighted by atomic mass is 16.1. The summed E-state index contributed by atoms with van der Waals surface area (Å²) in [6.07, 6.45) is 5.86. The SMILES string of the molecule is CCCCCC(C=O)(CC(=O)c1ccc(C(C)C)cc1C(C)C)Cc1ccccc1. The first kappa shape index (κ1) is 24.1. The quantitative estimate of drug-likeness (QED) is 0.207. The standard InChI is InChI=1S/C28H38O2/c1-6-7-11-16-28(20-29,18-23-12-9-8-10-13-23)19-27(30)25-15-14-24(21(2)3)17-26(25)22(4)5/h8-10,12-15,17,20-22H,6-7,11,16,18-19H2,1-5H3. The first-order valence-electron chi connectivity index (χ1n) is 11.5. The number of unbranched alkanes of at least 4 members (excludes halogenated alkanes) is 2. The first-order chi connectivity index (χ1) is 14.3. The molecule has 0 bridgehead atoms. The smallest absolute Gasteiger partial charge is 0.164 e. The Morgan fingerprint density at radius 2 is 1.67 bits per heavy atom. The van der Waals surface area contributed by atoms with E-state index in [0.717, 1.165) is 48.7 Å². The van der Waals surface area contributed by atoms with Crippen molar-refractivity contribution in [3.8, 4) is 0 Å². The lowest BCUT2D eigenvalue weighted by Crippen LogP contribution is -2.29. The van der Waals surface area contributed by atoms with Crippen LogP contribution in [0.3, 0.4) is 0 Å². The Hall–Kier alpha value is -2.22. The fraction of sp³-hybridized carbons (Fsp3) is 0.500. The van der Waals surface area contributed by atoms with E-state index in [0.29, 0.717) is 12.3 Å². The van der Waals surface area contributed by atoms with Crippen LogP contribution in [0.25, 0.3) is 0 Å². The van der Waals surface area contributed by atoms with E-state index in [9.17, 15) is 9.59 Å². The van der Waals surface area contributed by atoms with Crippen molar-refractivity contribution in [2.45, 2.75) is 85.0 Å². The van der Waals surface area contributed by atoms with Gasteiger partial charge in [-0.3, -0.25) is 4.79 Å². The molecule has 1 unspecified atom stereocenters. The summed E-state index contributed by atoms with van der Waals surface area (Å²) in [5.74, 6) is 0.781. The Labute approximate surface area is 183 Å². The Balaban J connectivity index is 2.36. The molecule has 0 saturated heterocycles. The van der Waals surface area contributed by atoms with Crippen molar-refractivity contribution in [2.75, 3.05) is 0 Å². The van der Waals surface area contributed by atoms with Crippen LogP contribution >= 0.6 is 0 Å². The van der Waals surface area contributed by atoms with Gasteiger partial charge in [-0.15, -0.1) is 0 Å². The molecule has 2 aromatic rings. The van der Waals surface area contributed by atoms with E-state index in [1.165, 1.54) is 5.56 Å². The van der Waals surface area contributed by atoms with E-state index in [2.05, 4.69) is 58.9 Å². The number of aldehydes is 1. The third kappa shape index (κ3) is 6.39. The van der Waals surface area contributed by atoms with Gasteiger partial charge in [-0.1, -0.05) is 102 Å². The molecule has 0 heterocycles. The summed E-state index contributed by atoms with van der Waals surface area (Å²) in [6.45, 7) is 10.8. The van der Waals surface area contributed by atoms with Gasteiger partial charge < -0.3 is 4.79 Å². The number of carbonyl (C=O) groups is 2. The second kappa shape index (κ2) is 11.2. The molecule has 0 amide bonds. The normalized spacial score (nSPS) is 13.4. The molecule has 2 aromatic carbocycles. The minimum atomic E-state index is -0.640. The van der Waals surface area contributed by atoms with Gasteiger partial charge >= 0.3 is 0 Å². The van der Waals surface area contributed by atoms with Gasteiger partial charge in [-0.25, -0.2) is 0 Å². The van der Waals surface area contributed by atoms with Crippen molar-refractivity contribution in [3.63, 3.8) is 0 Å². The summed E-state index contributed by atoms with van der Waals surface area (Å²) >= 11 is 0. The summed E-state index contributed by atoms with van der Waals surface area (Å²) in [6, 6.07) is 16.3.